The van der Waals surface area contributed by atoms with Crippen LogP contribution < -0.4 is 0 Å². The first-order chi connectivity index (χ1) is 9.16. The van der Waals surface area contributed by atoms with Crippen LogP contribution in [0.15, 0.2) is 18.6 Å². The fourth-order valence-electron chi connectivity index (χ4n) is 2.32. The van der Waals surface area contributed by atoms with Gasteiger partial charge < -0.3 is 10.0 Å². The van der Waals surface area contributed by atoms with Crippen molar-refractivity contribution in [3.63, 3.8) is 0 Å². The average molecular weight is 263 g/mol. The van der Waals surface area contributed by atoms with Gasteiger partial charge in [0.2, 0.25) is 0 Å². The Kier molecular flexibility index (Phi) is 4.43. The molecule has 1 aromatic rings. The van der Waals surface area contributed by atoms with E-state index in [1.807, 2.05) is 0 Å². The fraction of sp³-hybridized carbons (Fsp3) is 0.538. The van der Waals surface area contributed by atoms with E-state index in [0.29, 0.717) is 31.1 Å². The molecule has 2 heterocycles. The lowest BCUT2D eigenvalue weighted by atomic mass is 9.92. The average Bonchev–Trinajstić information content (AvgIpc) is 2.46. The molecule has 1 aliphatic heterocycles. The van der Waals surface area contributed by atoms with Crippen molar-refractivity contribution in [1.29, 1.82) is 0 Å². The number of nitrogens with zero attached hydrogens (tertiary/aromatic N) is 3. The van der Waals surface area contributed by atoms with Gasteiger partial charge in [0.15, 0.2) is 0 Å². The molecule has 1 aliphatic rings. The van der Waals surface area contributed by atoms with Crippen LogP contribution in [0.25, 0.3) is 0 Å². The Balaban J connectivity index is 1.83. The van der Waals surface area contributed by atoms with Crippen LogP contribution in [0, 0.1) is 5.92 Å². The number of likely N-dealkylation sites (tertiary alicyclic amines) is 1. The van der Waals surface area contributed by atoms with Crippen molar-refractivity contribution in [1.82, 2.24) is 14.9 Å². The van der Waals surface area contributed by atoms with E-state index in [9.17, 15) is 9.59 Å². The SMILES string of the molecule is O=C(O)CCC1CCN(C(=O)c2cnccn2)CC1. The minimum absolute atomic E-state index is 0.0928. The number of hydrogen-bond acceptors (Lipinski definition) is 4. The van der Waals surface area contributed by atoms with Crippen LogP contribution in [0.2, 0.25) is 0 Å². The second kappa shape index (κ2) is 6.26. The quantitative estimate of drug-likeness (QED) is 0.882. The van der Waals surface area contributed by atoms with Crippen LogP contribution in [-0.2, 0) is 4.79 Å². The van der Waals surface area contributed by atoms with E-state index >= 15 is 0 Å². The maximum Gasteiger partial charge on any atom is 0.303 e. The molecule has 6 heteroatoms. The Labute approximate surface area is 111 Å². The zero-order valence-electron chi connectivity index (χ0n) is 10.7. The molecule has 1 fully saturated rings. The van der Waals surface area contributed by atoms with Crippen LogP contribution in [-0.4, -0.2) is 44.9 Å². The van der Waals surface area contributed by atoms with Gasteiger partial charge in [-0.25, -0.2) is 4.98 Å². The molecular weight excluding hydrogens is 246 g/mol. The van der Waals surface area contributed by atoms with Gasteiger partial charge in [-0.15, -0.1) is 0 Å². The van der Waals surface area contributed by atoms with Crippen molar-refractivity contribution in [3.05, 3.63) is 24.3 Å². The highest BCUT2D eigenvalue weighted by Gasteiger charge is 2.24. The van der Waals surface area contributed by atoms with Gasteiger partial charge in [0.05, 0.1) is 6.20 Å². The third-order valence-electron chi connectivity index (χ3n) is 3.45. The summed E-state index contributed by atoms with van der Waals surface area (Å²) in [5.74, 6) is -0.440. The van der Waals surface area contributed by atoms with E-state index in [4.69, 9.17) is 5.11 Å². The van der Waals surface area contributed by atoms with Gasteiger partial charge in [0, 0.05) is 31.9 Å². The molecule has 102 valence electrons. The van der Waals surface area contributed by atoms with E-state index in [1.54, 1.807) is 4.90 Å². The number of carbonyl (C=O) groups excluding carboxylic acids is 1. The molecular formula is C13H17N3O3. The zero-order valence-corrected chi connectivity index (χ0v) is 10.7. The van der Waals surface area contributed by atoms with Crippen molar-refractivity contribution >= 4 is 11.9 Å². The molecule has 2 rings (SSSR count). The minimum atomic E-state index is -0.752. The van der Waals surface area contributed by atoms with Gasteiger partial charge in [-0.2, -0.15) is 0 Å². The highest BCUT2D eigenvalue weighted by molar-refractivity contribution is 5.92. The second-order valence-corrected chi connectivity index (χ2v) is 4.76. The van der Waals surface area contributed by atoms with E-state index in [1.165, 1.54) is 18.6 Å². The molecule has 1 saturated heterocycles. The number of carboxylic acids is 1. The Bertz CT molecular complexity index is 442. The lowest BCUT2D eigenvalue weighted by molar-refractivity contribution is -0.137. The van der Waals surface area contributed by atoms with E-state index in [0.717, 1.165) is 12.8 Å². The third-order valence-corrected chi connectivity index (χ3v) is 3.45. The van der Waals surface area contributed by atoms with E-state index < -0.39 is 5.97 Å². The lowest BCUT2D eigenvalue weighted by Gasteiger charge is -2.31. The molecule has 0 atom stereocenters. The highest BCUT2D eigenvalue weighted by atomic mass is 16.4. The Hall–Kier alpha value is -1.98. The molecule has 0 bridgehead atoms. The van der Waals surface area contributed by atoms with Gasteiger partial charge >= 0.3 is 5.97 Å². The monoisotopic (exact) mass is 263 g/mol. The van der Waals surface area contributed by atoms with Crippen molar-refractivity contribution in [2.75, 3.05) is 13.1 Å². The number of aromatic nitrogens is 2. The predicted molar refractivity (Wildman–Crippen MR) is 67.5 cm³/mol. The molecule has 0 unspecified atom stereocenters. The van der Waals surface area contributed by atoms with E-state index in [-0.39, 0.29) is 12.3 Å². The van der Waals surface area contributed by atoms with Crippen LogP contribution in [0.4, 0.5) is 0 Å². The van der Waals surface area contributed by atoms with Crippen LogP contribution in [0.1, 0.15) is 36.2 Å². The van der Waals surface area contributed by atoms with Crippen molar-refractivity contribution < 1.29 is 14.7 Å². The summed E-state index contributed by atoms with van der Waals surface area (Å²) in [6, 6.07) is 0. The van der Waals surface area contributed by atoms with Crippen molar-refractivity contribution in [2.24, 2.45) is 5.92 Å². The van der Waals surface area contributed by atoms with Gasteiger partial charge in [0.25, 0.3) is 5.91 Å². The maximum absolute atomic E-state index is 12.1. The smallest absolute Gasteiger partial charge is 0.303 e. The third kappa shape index (κ3) is 3.74. The number of carboxylic acid groups (broad SMARTS) is 1. The zero-order chi connectivity index (χ0) is 13.7. The minimum Gasteiger partial charge on any atom is -0.481 e. The summed E-state index contributed by atoms with van der Waals surface area (Å²) in [4.78, 5) is 32.3. The van der Waals surface area contributed by atoms with Gasteiger partial charge in [-0.1, -0.05) is 0 Å². The first kappa shape index (κ1) is 13.5. The maximum atomic E-state index is 12.1. The largest absolute Gasteiger partial charge is 0.481 e. The molecule has 1 amide bonds. The first-order valence-corrected chi connectivity index (χ1v) is 6.44. The number of aliphatic carboxylic acids is 1. The summed E-state index contributed by atoms with van der Waals surface area (Å²) in [7, 11) is 0. The number of amides is 1. The predicted octanol–water partition coefficient (Wildman–Crippen LogP) is 1.19. The highest BCUT2D eigenvalue weighted by Crippen LogP contribution is 2.22. The van der Waals surface area contributed by atoms with Crippen LogP contribution in [0.5, 0.6) is 0 Å². The molecule has 6 nitrogen and oxygen atoms in total. The fourth-order valence-corrected chi connectivity index (χ4v) is 2.32. The normalized spacial score (nSPS) is 16.3. The summed E-state index contributed by atoms with van der Waals surface area (Å²) < 4.78 is 0. The summed E-state index contributed by atoms with van der Waals surface area (Å²) >= 11 is 0. The number of piperidine rings is 1. The Morgan fingerprint density at radius 2 is 2.05 bits per heavy atom. The lowest BCUT2D eigenvalue weighted by Crippen LogP contribution is -2.39. The number of hydrogen-bond donors (Lipinski definition) is 1. The topological polar surface area (TPSA) is 83.4 Å². The Morgan fingerprint density at radius 1 is 1.32 bits per heavy atom. The molecule has 1 N–H and O–H groups in total. The van der Waals surface area contributed by atoms with Gasteiger partial charge in [0.1, 0.15) is 5.69 Å². The summed E-state index contributed by atoms with van der Waals surface area (Å²) in [5, 5.41) is 8.65. The molecule has 19 heavy (non-hydrogen) atoms. The summed E-state index contributed by atoms with van der Waals surface area (Å²) in [5.41, 5.74) is 0.367. The van der Waals surface area contributed by atoms with Crippen molar-refractivity contribution in [3.8, 4) is 0 Å². The van der Waals surface area contributed by atoms with Gasteiger partial charge in [-0.3, -0.25) is 14.6 Å². The molecule has 0 aliphatic carbocycles. The second-order valence-electron chi connectivity index (χ2n) is 4.76. The summed E-state index contributed by atoms with van der Waals surface area (Å²) in [6.45, 7) is 1.33. The molecule has 0 aromatic carbocycles. The number of rotatable bonds is 4. The summed E-state index contributed by atoms with van der Waals surface area (Å²) in [6.07, 6.45) is 7.14. The van der Waals surface area contributed by atoms with Crippen LogP contribution in [0.3, 0.4) is 0 Å². The molecule has 0 saturated carbocycles. The van der Waals surface area contributed by atoms with Gasteiger partial charge in [-0.05, 0) is 25.2 Å². The molecule has 0 spiro atoms. The standard InChI is InChI=1S/C13H17N3O3/c17-12(18)2-1-10-3-7-16(8-4-10)13(19)11-9-14-5-6-15-11/h5-6,9-10H,1-4,7-8H2,(H,17,18). The van der Waals surface area contributed by atoms with Crippen LogP contribution >= 0.6 is 0 Å². The van der Waals surface area contributed by atoms with Crippen molar-refractivity contribution in [2.45, 2.75) is 25.7 Å². The van der Waals surface area contributed by atoms with E-state index in [2.05, 4.69) is 9.97 Å². The molecule has 1 aromatic heterocycles. The number of carbonyl (C=O) groups is 2. The Morgan fingerprint density at radius 3 is 2.63 bits per heavy atom. The molecule has 0 radical (unpaired) electrons. The first-order valence-electron chi connectivity index (χ1n) is 6.44.